The van der Waals surface area contributed by atoms with Gasteiger partial charge in [0.2, 0.25) is 11.8 Å². The summed E-state index contributed by atoms with van der Waals surface area (Å²) in [6.45, 7) is 8.21. The molecule has 508 valence electrons. The first kappa shape index (κ1) is 70.5. The van der Waals surface area contributed by atoms with Crippen LogP contribution in [0.2, 0.25) is 38.3 Å². The van der Waals surface area contributed by atoms with Crippen LogP contribution < -0.4 is 38.1 Å². The summed E-state index contributed by atoms with van der Waals surface area (Å²) in [5.41, 5.74) is 3.92. The summed E-state index contributed by atoms with van der Waals surface area (Å²) < 4.78 is 124. The minimum atomic E-state index is -4.73. The summed E-state index contributed by atoms with van der Waals surface area (Å²) in [4.78, 5) is 75.4. The highest BCUT2D eigenvalue weighted by Gasteiger charge is 2.58. The maximum atomic E-state index is 13.9. The summed E-state index contributed by atoms with van der Waals surface area (Å²) in [5, 5.41) is 8.82. The first-order chi connectivity index (χ1) is 45.1. The van der Waals surface area contributed by atoms with Gasteiger partial charge >= 0.3 is 25.2 Å². The Hall–Kier alpha value is -7.25. The number of nitrogens with one attached hydrogen (secondary N) is 3. The third-order valence-corrected chi connectivity index (χ3v) is 30.7. The number of carbonyl (C=O) groups excluding carboxylic acids is 3. The second-order valence-electron chi connectivity index (χ2n) is 24.7. The Morgan fingerprint density at radius 3 is 1.47 bits per heavy atom. The second-order valence-corrected chi connectivity index (χ2v) is 40.8. The zero-order valence-electron chi connectivity index (χ0n) is 52.9. The van der Waals surface area contributed by atoms with Crippen molar-refractivity contribution in [3.8, 4) is 0 Å². The molecule has 4 aliphatic rings. The zero-order valence-corrected chi connectivity index (χ0v) is 58.3. The van der Waals surface area contributed by atoms with Gasteiger partial charge in [0.1, 0.15) is 35.8 Å². The second kappa shape index (κ2) is 29.2. The molecule has 0 spiro atoms. The van der Waals surface area contributed by atoms with Gasteiger partial charge in [0.25, 0.3) is 10.1 Å². The van der Waals surface area contributed by atoms with Crippen LogP contribution in [0.4, 0.5) is 11.6 Å². The number of carbonyl (C=O) groups is 3. The van der Waals surface area contributed by atoms with Crippen LogP contribution in [-0.4, -0.2) is 184 Å². The molecule has 36 heteroatoms. The van der Waals surface area contributed by atoms with E-state index in [-0.39, 0.29) is 88.3 Å². The highest BCUT2D eigenvalue weighted by molar-refractivity contribution is 7.86. The molecule has 0 radical (unpaired) electrons. The molecule has 8 N–H and O–H groups in total. The van der Waals surface area contributed by atoms with Gasteiger partial charge in [-0.1, -0.05) is 97.1 Å². The number of nitrogens with zero attached hydrogens (tertiary/aromatic N) is 9. The number of quaternary nitrogens is 1. The van der Waals surface area contributed by atoms with E-state index in [1.54, 1.807) is 0 Å². The number of hydrogen-bond acceptors (Lipinski definition) is 23. The molecule has 6 bridgehead atoms. The van der Waals surface area contributed by atoms with E-state index >= 15 is 0 Å². The first-order valence-electron chi connectivity index (χ1n) is 30.9. The fourth-order valence-electron chi connectivity index (χ4n) is 12.4. The number of fused-ring (bicyclic) bond motifs is 14. The van der Waals surface area contributed by atoms with Gasteiger partial charge in [0.15, 0.2) is 40.0 Å². The van der Waals surface area contributed by atoms with Gasteiger partial charge in [-0.05, 0) is 51.1 Å². The maximum Gasteiger partial charge on any atom is 0.582 e. The van der Waals surface area contributed by atoms with Crippen LogP contribution in [0.5, 0.6) is 0 Å². The number of benzene rings is 4. The Balaban J connectivity index is 1.04. The molecule has 2 atom stereocenters. The number of hydrogen-bond donors (Lipinski definition) is 6. The third kappa shape index (κ3) is 16.9. The number of rotatable bonds is 34. The fraction of sp³-hybridized carbons (Fsp3) is 0.407. The van der Waals surface area contributed by atoms with Crippen molar-refractivity contribution in [3.63, 3.8) is 0 Å². The summed E-state index contributed by atoms with van der Waals surface area (Å²) in [7, 11) is -24.5. The Labute approximate surface area is 552 Å². The average molecular weight is 1420 g/mol. The molecular formula is C59H76N14O16S3Si3. The quantitative estimate of drug-likeness (QED) is 0.0111. The van der Waals surface area contributed by atoms with Crippen molar-refractivity contribution in [1.29, 1.82) is 0 Å². The van der Waals surface area contributed by atoms with Gasteiger partial charge in [-0.25, -0.2) is 43.2 Å². The third-order valence-electron chi connectivity index (χ3n) is 16.6. The van der Waals surface area contributed by atoms with E-state index < -0.39 is 92.7 Å². The van der Waals surface area contributed by atoms with Crippen molar-refractivity contribution in [2.75, 3.05) is 70.5 Å². The molecular weight excluding hydrogens is 1340 g/mol. The van der Waals surface area contributed by atoms with Crippen LogP contribution >= 0.6 is 0 Å². The van der Waals surface area contributed by atoms with Crippen LogP contribution in [0.3, 0.4) is 0 Å². The van der Waals surface area contributed by atoms with E-state index in [0.29, 0.717) is 70.9 Å². The van der Waals surface area contributed by atoms with Crippen molar-refractivity contribution in [1.82, 2.24) is 23.8 Å². The van der Waals surface area contributed by atoms with E-state index in [1.807, 2.05) is 110 Å². The lowest BCUT2D eigenvalue weighted by molar-refractivity contribution is -0.928. The average Bonchev–Trinajstić information content (AvgIpc) is 1.54. The number of amidine groups is 4. The Morgan fingerprint density at radius 2 is 1.00 bits per heavy atom. The van der Waals surface area contributed by atoms with E-state index in [2.05, 4.69) is 45.9 Å². The van der Waals surface area contributed by atoms with Gasteiger partial charge in [0.05, 0.1) is 42.1 Å². The number of amides is 2. The summed E-state index contributed by atoms with van der Waals surface area (Å²) in [6.07, 6.45) is 1.07. The molecule has 2 amide bonds. The maximum absolute atomic E-state index is 13.9. The fourth-order valence-corrected chi connectivity index (χ4v) is 26.5. The van der Waals surface area contributed by atoms with Gasteiger partial charge < -0.3 is 37.5 Å². The van der Waals surface area contributed by atoms with Crippen LogP contribution in [0.25, 0.3) is 21.5 Å². The van der Waals surface area contributed by atoms with Crippen molar-refractivity contribution in [2.45, 2.75) is 83.2 Å². The predicted molar refractivity (Wildman–Crippen MR) is 360 cm³/mol. The smallest absolute Gasteiger partial charge is 0.582 e. The van der Waals surface area contributed by atoms with E-state index in [0.717, 1.165) is 43.8 Å². The molecule has 4 aliphatic heterocycles. The Bertz CT molecular complexity index is 4420. The minimum absolute atomic E-state index is 0.00569. The lowest BCUT2D eigenvalue weighted by Crippen LogP contribution is -2.70. The molecule has 0 fully saturated rings. The molecule has 30 nitrogen and oxygen atoms in total. The molecule has 0 aliphatic carbocycles. The molecule has 0 saturated carbocycles. The lowest BCUT2D eigenvalue weighted by Gasteiger charge is -2.43. The van der Waals surface area contributed by atoms with E-state index in [4.69, 9.17) is 54.7 Å². The molecule has 6 heterocycles. The molecule has 2 unspecified atom stereocenters. The zero-order chi connectivity index (χ0) is 68.0. The van der Waals surface area contributed by atoms with Crippen molar-refractivity contribution in [2.24, 2.45) is 41.7 Å². The van der Waals surface area contributed by atoms with Gasteiger partial charge in [-0.3, -0.25) is 22.6 Å². The monoisotopic (exact) mass is 1420 g/mol. The highest BCUT2D eigenvalue weighted by Crippen LogP contribution is 2.45. The topological polar surface area (TPSA) is 415 Å². The predicted octanol–water partition coefficient (Wildman–Crippen LogP) is 3.19. The number of aliphatic imine (C=N–C) groups is 4. The number of ether oxygens (including phenoxy) is 1. The standard InChI is InChI=1S/C59H76N14O16S3Si3/c1-93(2,37-15-28-62-49(74)27-13-31-73(33-17-35-90(77,78)79,32-14-30-64-92(82,83)84)34-18-36-91(80,81)87-61)88-95(89-94(3,4)38-16-29-63-50(75)39-85-40-51(76)86-60)71-56-45-23-9-10-24-46(45)58(71)69-54-43-21-7-8-22-44(43)55(66-54)70-59-48-26-12-11-25-47(48)57(72(59)95)68-53-42-20-6-5-19-41(42)52(65-53)67-56/h5-12,19-26,64H,13-18,27-40,60-61H2,1-4H3,(H3-,62,63,74,75,77,78,79,82,83,84). The van der Waals surface area contributed by atoms with Crippen LogP contribution in [0, 0.1) is 0 Å². The molecule has 2 aromatic heterocycles. The molecule has 95 heavy (non-hydrogen) atoms. The summed E-state index contributed by atoms with van der Waals surface area (Å²) >= 11 is 0. The van der Waals surface area contributed by atoms with Crippen LogP contribution in [-0.2, 0) is 67.0 Å². The first-order valence-corrected chi connectivity index (χ1v) is 43.4. The van der Waals surface area contributed by atoms with Gasteiger partial charge in [-0.15, -0.1) is 0 Å². The van der Waals surface area contributed by atoms with Crippen molar-refractivity contribution < 1.29 is 75.3 Å². The molecule has 0 saturated heterocycles. The number of aromatic nitrogens is 2. The minimum Gasteiger partial charge on any atom is -0.748 e. The van der Waals surface area contributed by atoms with Gasteiger partial charge in [0, 0.05) is 101 Å². The van der Waals surface area contributed by atoms with Gasteiger partial charge in [-0.2, -0.15) is 37.6 Å². The van der Waals surface area contributed by atoms with E-state index in [1.165, 1.54) is 0 Å². The van der Waals surface area contributed by atoms with Crippen molar-refractivity contribution in [3.05, 3.63) is 130 Å². The van der Waals surface area contributed by atoms with E-state index in [9.17, 15) is 48.7 Å². The highest BCUT2D eigenvalue weighted by atomic mass is 32.2. The number of nitrogens with two attached hydrogens (primary N) is 2. The Kier molecular flexibility index (Phi) is 21.7. The van der Waals surface area contributed by atoms with Crippen LogP contribution in [0.1, 0.15) is 67.2 Å². The largest absolute Gasteiger partial charge is 0.748 e. The summed E-state index contributed by atoms with van der Waals surface area (Å²) in [5.74, 6) is 9.65. The molecule has 10 rings (SSSR count). The Morgan fingerprint density at radius 1 is 0.558 bits per heavy atom. The van der Waals surface area contributed by atoms with Crippen LogP contribution in [0.15, 0.2) is 127 Å². The van der Waals surface area contributed by atoms with Crippen molar-refractivity contribution >= 4 is 130 Å². The lowest BCUT2D eigenvalue weighted by atomic mass is 10.1. The normalized spacial score (nSPS) is 16.5. The molecule has 4 aromatic carbocycles. The SMILES string of the molecule is C[Si](C)(CCCNC(=O)CCC[N+](CCCNS(=O)(=O)O)(CCCS(=O)(=O)[O-])CCCS(=O)(=O)ON)O[Si]1(O[Si](C)(C)CCCNC(=O)COCC(=O)ON)n2c3c4ccccc4c2N=C2N=C(N=c4c5ccccc5c(n41)=NC1=NC(=N3)c3ccccc31)c1ccccc12. The summed E-state index contributed by atoms with van der Waals surface area (Å²) in [6, 6.07) is 32.2. The molecule has 6 aromatic rings.